The minimum absolute atomic E-state index is 0.0245. The topological polar surface area (TPSA) is 115 Å². The molecule has 0 bridgehead atoms. The van der Waals surface area contributed by atoms with Crippen LogP contribution in [0.15, 0.2) is 48.7 Å². The Kier molecular flexibility index (Phi) is 9.02. The van der Waals surface area contributed by atoms with Gasteiger partial charge in [-0.15, -0.1) is 0 Å². The van der Waals surface area contributed by atoms with Gasteiger partial charge in [-0.25, -0.2) is 12.7 Å². The van der Waals surface area contributed by atoms with E-state index in [-0.39, 0.29) is 36.7 Å². The lowest BCUT2D eigenvalue weighted by atomic mass is 9.88. The molecule has 1 aromatic heterocycles. The molecule has 0 spiro atoms. The molecule has 1 aliphatic heterocycles. The van der Waals surface area contributed by atoms with Gasteiger partial charge in [0.1, 0.15) is 0 Å². The van der Waals surface area contributed by atoms with Crippen molar-refractivity contribution in [2.45, 2.75) is 45.1 Å². The molecule has 2 heterocycles. The van der Waals surface area contributed by atoms with E-state index in [1.54, 1.807) is 4.31 Å². The number of fused-ring (bicyclic) bond motifs is 1. The van der Waals surface area contributed by atoms with E-state index in [0.29, 0.717) is 26.3 Å². The first-order chi connectivity index (χ1) is 17.7. The highest BCUT2D eigenvalue weighted by Crippen LogP contribution is 2.37. The molecule has 0 aliphatic carbocycles. The van der Waals surface area contributed by atoms with Crippen molar-refractivity contribution < 1.29 is 22.7 Å². The maximum Gasteiger partial charge on any atom is 0.221 e. The van der Waals surface area contributed by atoms with Gasteiger partial charge in [-0.2, -0.15) is 0 Å². The third kappa shape index (κ3) is 6.98. The fourth-order valence-corrected chi connectivity index (χ4v) is 6.33. The first-order valence-electron chi connectivity index (χ1n) is 12.9. The second-order valence-electron chi connectivity index (χ2n) is 9.83. The Bertz CT molecular complexity index is 1300. The summed E-state index contributed by atoms with van der Waals surface area (Å²) < 4.78 is 38.1. The fourth-order valence-electron chi connectivity index (χ4n) is 4.97. The minimum atomic E-state index is -3.38. The Balaban J connectivity index is 1.45. The average molecular weight is 528 g/mol. The van der Waals surface area contributed by atoms with Gasteiger partial charge in [0.05, 0.1) is 38.1 Å². The molecule has 1 saturated heterocycles. The summed E-state index contributed by atoms with van der Waals surface area (Å²) in [5, 5.41) is 1.07. The van der Waals surface area contributed by atoms with E-state index in [1.165, 1.54) is 0 Å². The SMILES string of the molecule is CC(C)OCCOCCS(=O)(=O)N1CCC(c2c[nH]c3c(CC(N)=O)cc(-c4ccccc4)cc23)CC1. The summed E-state index contributed by atoms with van der Waals surface area (Å²) in [6.45, 7) is 5.86. The van der Waals surface area contributed by atoms with Crippen molar-refractivity contribution >= 4 is 26.8 Å². The Morgan fingerprint density at radius 3 is 2.49 bits per heavy atom. The molecule has 9 heteroatoms. The maximum atomic E-state index is 12.8. The van der Waals surface area contributed by atoms with Crippen molar-refractivity contribution in [2.24, 2.45) is 5.73 Å². The molecule has 0 saturated carbocycles. The van der Waals surface area contributed by atoms with Crippen molar-refractivity contribution in [3.63, 3.8) is 0 Å². The highest BCUT2D eigenvalue weighted by Gasteiger charge is 2.30. The molecule has 0 radical (unpaired) electrons. The van der Waals surface area contributed by atoms with Gasteiger partial charge in [0.2, 0.25) is 15.9 Å². The smallest absolute Gasteiger partial charge is 0.221 e. The van der Waals surface area contributed by atoms with Crippen LogP contribution in [0.5, 0.6) is 0 Å². The van der Waals surface area contributed by atoms with E-state index >= 15 is 0 Å². The minimum Gasteiger partial charge on any atom is -0.378 e. The zero-order valence-electron chi connectivity index (χ0n) is 21.6. The Morgan fingerprint density at radius 2 is 1.81 bits per heavy atom. The van der Waals surface area contributed by atoms with Crippen molar-refractivity contribution in [3.05, 3.63) is 59.8 Å². The number of carbonyl (C=O) groups excluding carboxylic acids is 1. The third-order valence-electron chi connectivity index (χ3n) is 6.83. The lowest BCUT2D eigenvalue weighted by molar-refractivity contribution is -0.117. The van der Waals surface area contributed by atoms with Gasteiger partial charge in [0, 0.05) is 30.2 Å². The quantitative estimate of drug-likeness (QED) is 0.348. The summed E-state index contributed by atoms with van der Waals surface area (Å²) in [6.07, 6.45) is 3.75. The number of aromatic amines is 1. The van der Waals surface area contributed by atoms with Crippen LogP contribution in [0.4, 0.5) is 0 Å². The van der Waals surface area contributed by atoms with Crippen LogP contribution in [0.25, 0.3) is 22.0 Å². The lowest BCUT2D eigenvalue weighted by Gasteiger charge is -2.31. The average Bonchev–Trinajstić information content (AvgIpc) is 3.31. The standard InChI is InChI=1S/C28H37N3O5S/c1-20(2)36-13-12-35-14-15-37(33,34)31-10-8-22(9-11-31)26-19-30-28-24(18-27(29)32)16-23(17-25(26)28)21-6-4-3-5-7-21/h3-7,16-17,19-20,22,30H,8-15,18H2,1-2H3,(H2,29,32). The number of carbonyl (C=O) groups is 1. The number of primary amides is 1. The first kappa shape index (κ1) is 27.3. The van der Waals surface area contributed by atoms with Gasteiger partial charge < -0.3 is 20.2 Å². The number of nitrogens with zero attached hydrogens (tertiary/aromatic N) is 1. The molecule has 2 aromatic carbocycles. The van der Waals surface area contributed by atoms with Crippen molar-refractivity contribution in [1.82, 2.24) is 9.29 Å². The molecule has 1 amide bonds. The monoisotopic (exact) mass is 527 g/mol. The number of hydrogen-bond acceptors (Lipinski definition) is 5. The van der Waals surface area contributed by atoms with Gasteiger partial charge >= 0.3 is 0 Å². The number of amides is 1. The van der Waals surface area contributed by atoms with Gasteiger partial charge in [-0.1, -0.05) is 30.3 Å². The number of sulfonamides is 1. The van der Waals surface area contributed by atoms with E-state index in [0.717, 1.165) is 46.0 Å². The number of H-pyrrole nitrogens is 1. The highest BCUT2D eigenvalue weighted by atomic mass is 32.2. The number of nitrogens with two attached hydrogens (primary N) is 1. The Labute approximate surface area is 219 Å². The molecule has 0 unspecified atom stereocenters. The number of piperidine rings is 1. The summed E-state index contributed by atoms with van der Waals surface area (Å²) in [7, 11) is -3.38. The Hall–Kier alpha value is -2.72. The van der Waals surface area contributed by atoms with E-state index in [9.17, 15) is 13.2 Å². The van der Waals surface area contributed by atoms with Crippen LogP contribution in [0, 0.1) is 0 Å². The maximum absolute atomic E-state index is 12.8. The number of nitrogens with one attached hydrogen (secondary N) is 1. The summed E-state index contributed by atoms with van der Waals surface area (Å²) >= 11 is 0. The van der Waals surface area contributed by atoms with Crippen LogP contribution in [-0.2, 0) is 30.7 Å². The van der Waals surface area contributed by atoms with E-state index in [4.69, 9.17) is 15.2 Å². The molecule has 0 atom stereocenters. The third-order valence-corrected chi connectivity index (χ3v) is 8.66. The predicted octanol–water partition coefficient (Wildman–Crippen LogP) is 3.81. The molecular formula is C28H37N3O5S. The highest BCUT2D eigenvalue weighted by molar-refractivity contribution is 7.89. The molecule has 37 heavy (non-hydrogen) atoms. The molecule has 3 aromatic rings. The summed E-state index contributed by atoms with van der Waals surface area (Å²) in [5.41, 5.74) is 10.6. The normalized spacial score (nSPS) is 15.5. The van der Waals surface area contributed by atoms with Crippen LogP contribution in [0.1, 0.15) is 43.7 Å². The number of benzene rings is 2. The van der Waals surface area contributed by atoms with E-state index in [2.05, 4.69) is 11.1 Å². The summed E-state index contributed by atoms with van der Waals surface area (Å²) in [4.78, 5) is 15.1. The predicted molar refractivity (Wildman–Crippen MR) is 146 cm³/mol. The molecule has 3 N–H and O–H groups in total. The molecule has 1 fully saturated rings. The van der Waals surface area contributed by atoms with Gasteiger partial charge in [-0.05, 0) is 67.0 Å². The number of ether oxygens (including phenoxy) is 2. The second-order valence-corrected chi connectivity index (χ2v) is 11.9. The van der Waals surface area contributed by atoms with Crippen molar-refractivity contribution in [2.75, 3.05) is 38.7 Å². The molecule has 1 aliphatic rings. The summed E-state index contributed by atoms with van der Waals surface area (Å²) in [6, 6.07) is 14.2. The van der Waals surface area contributed by atoms with Crippen LogP contribution in [0.2, 0.25) is 0 Å². The van der Waals surface area contributed by atoms with Crippen LogP contribution >= 0.6 is 0 Å². The largest absolute Gasteiger partial charge is 0.378 e. The molecular weight excluding hydrogens is 490 g/mol. The van der Waals surface area contributed by atoms with Crippen molar-refractivity contribution in [1.29, 1.82) is 0 Å². The van der Waals surface area contributed by atoms with Gasteiger partial charge in [-0.3, -0.25) is 4.79 Å². The molecule has 8 nitrogen and oxygen atoms in total. The molecule has 200 valence electrons. The zero-order valence-corrected chi connectivity index (χ0v) is 22.4. The second kappa shape index (κ2) is 12.2. The van der Waals surface area contributed by atoms with Crippen molar-refractivity contribution in [3.8, 4) is 11.1 Å². The first-order valence-corrected chi connectivity index (χ1v) is 14.5. The lowest BCUT2D eigenvalue weighted by Crippen LogP contribution is -2.40. The van der Waals surface area contributed by atoms with Crippen LogP contribution in [0.3, 0.4) is 0 Å². The van der Waals surface area contributed by atoms with Crippen LogP contribution < -0.4 is 5.73 Å². The van der Waals surface area contributed by atoms with E-state index in [1.807, 2.05) is 56.4 Å². The van der Waals surface area contributed by atoms with Gasteiger partial charge in [0.15, 0.2) is 0 Å². The molecule has 4 rings (SSSR count). The summed E-state index contributed by atoms with van der Waals surface area (Å²) in [5.74, 6) is -0.182. The van der Waals surface area contributed by atoms with E-state index < -0.39 is 10.0 Å². The number of rotatable bonds is 12. The number of aromatic nitrogens is 1. The van der Waals surface area contributed by atoms with Crippen LogP contribution in [-0.4, -0.2) is 68.4 Å². The Morgan fingerprint density at radius 1 is 1.08 bits per heavy atom. The fraction of sp³-hybridized carbons (Fsp3) is 0.464. The zero-order chi connectivity index (χ0) is 26.4. The number of hydrogen-bond donors (Lipinski definition) is 2. The van der Waals surface area contributed by atoms with Gasteiger partial charge in [0.25, 0.3) is 0 Å².